The highest BCUT2D eigenvalue weighted by atomic mass is 127. The Morgan fingerprint density at radius 1 is 1.00 bits per heavy atom. The fourth-order valence-electron chi connectivity index (χ4n) is 3.44. The van der Waals surface area contributed by atoms with Crippen LogP contribution in [0.1, 0.15) is 5.56 Å². The molecule has 9 heteroatoms. The molecule has 0 spiro atoms. The molecule has 0 atom stereocenters. The van der Waals surface area contributed by atoms with Gasteiger partial charge in [-0.3, -0.25) is 9.30 Å². The van der Waals surface area contributed by atoms with E-state index in [-0.39, 0.29) is 42.2 Å². The summed E-state index contributed by atoms with van der Waals surface area (Å²) in [4.78, 5) is 4.18. The largest absolute Gasteiger partial charge is 0.457 e. The first-order valence-corrected chi connectivity index (χ1v) is 11.6. The molecule has 1 aliphatic heterocycles. The van der Waals surface area contributed by atoms with Gasteiger partial charge in [-0.15, -0.1) is 24.0 Å². The number of nitrogens with one attached hydrogen (secondary N) is 1. The predicted molar refractivity (Wildman–Crippen MR) is 140 cm³/mol. The SMILES string of the molecule is I.NC(=NCCS(=O)(=O)N1CCc2ccccc21)Nc1cccc(Oc2ccccc2)c1. The van der Waals surface area contributed by atoms with E-state index >= 15 is 0 Å². The number of halogens is 1. The Balaban J connectivity index is 0.00000289. The number of benzene rings is 3. The van der Waals surface area contributed by atoms with Gasteiger partial charge in [0, 0.05) is 18.3 Å². The molecular formula is C23H25IN4O3S. The molecule has 4 rings (SSSR count). The molecule has 0 unspecified atom stereocenters. The van der Waals surface area contributed by atoms with Gasteiger partial charge >= 0.3 is 0 Å². The van der Waals surface area contributed by atoms with Crippen LogP contribution in [0, 0.1) is 0 Å². The molecule has 0 fully saturated rings. The van der Waals surface area contributed by atoms with Gasteiger partial charge in [0.2, 0.25) is 10.0 Å². The van der Waals surface area contributed by atoms with E-state index in [9.17, 15) is 8.42 Å². The van der Waals surface area contributed by atoms with Gasteiger partial charge in [-0.1, -0.05) is 42.5 Å². The van der Waals surface area contributed by atoms with Crippen molar-refractivity contribution in [1.82, 2.24) is 0 Å². The summed E-state index contributed by atoms with van der Waals surface area (Å²) in [6.07, 6.45) is 0.726. The number of guanidine groups is 1. The van der Waals surface area contributed by atoms with Crippen LogP contribution in [0.3, 0.4) is 0 Å². The van der Waals surface area contributed by atoms with Crippen molar-refractivity contribution >= 4 is 51.3 Å². The highest BCUT2D eigenvalue weighted by Crippen LogP contribution is 2.30. The smallest absolute Gasteiger partial charge is 0.237 e. The molecule has 0 saturated heterocycles. The maximum absolute atomic E-state index is 12.7. The van der Waals surface area contributed by atoms with Gasteiger partial charge in [-0.05, 0) is 42.3 Å². The van der Waals surface area contributed by atoms with E-state index in [1.54, 1.807) is 6.07 Å². The Bertz CT molecular complexity index is 1190. The van der Waals surface area contributed by atoms with Crippen LogP contribution in [0.4, 0.5) is 11.4 Å². The van der Waals surface area contributed by atoms with Crippen LogP contribution < -0.4 is 20.1 Å². The van der Waals surface area contributed by atoms with E-state index in [0.29, 0.717) is 18.0 Å². The Labute approximate surface area is 205 Å². The quantitative estimate of drug-likeness (QED) is 0.255. The first-order valence-electron chi connectivity index (χ1n) is 9.99. The van der Waals surface area contributed by atoms with Crippen molar-refractivity contribution < 1.29 is 13.2 Å². The van der Waals surface area contributed by atoms with Crippen molar-refractivity contribution in [2.24, 2.45) is 10.7 Å². The summed E-state index contributed by atoms with van der Waals surface area (Å²) in [5, 5.41) is 2.98. The second-order valence-corrected chi connectivity index (χ2v) is 9.11. The molecule has 3 aromatic carbocycles. The standard InChI is InChI=1S/C23H24N4O3S.HI/c24-23(26-19-8-6-11-21(17-19)30-20-9-2-1-3-10-20)25-14-16-31(28,29)27-15-13-18-7-4-5-12-22(18)27;/h1-12,17H,13-16H2,(H3,24,25,26);1H. The van der Waals surface area contributed by atoms with Crippen molar-refractivity contribution in [3.63, 3.8) is 0 Å². The van der Waals surface area contributed by atoms with E-state index in [1.165, 1.54) is 4.31 Å². The monoisotopic (exact) mass is 564 g/mol. The number of hydrogen-bond acceptors (Lipinski definition) is 4. The number of nitrogens with zero attached hydrogens (tertiary/aromatic N) is 2. The van der Waals surface area contributed by atoms with Gasteiger partial charge in [0.15, 0.2) is 5.96 Å². The lowest BCUT2D eigenvalue weighted by Gasteiger charge is -2.19. The first-order chi connectivity index (χ1) is 15.0. The highest BCUT2D eigenvalue weighted by molar-refractivity contribution is 14.0. The normalized spacial score (nSPS) is 13.2. The highest BCUT2D eigenvalue weighted by Gasteiger charge is 2.28. The lowest BCUT2D eigenvalue weighted by atomic mass is 10.2. The number of ether oxygens (including phenoxy) is 1. The molecule has 3 N–H and O–H groups in total. The van der Waals surface area contributed by atoms with Crippen molar-refractivity contribution in [3.05, 3.63) is 84.4 Å². The second-order valence-electron chi connectivity index (χ2n) is 7.10. The van der Waals surface area contributed by atoms with Crippen LogP contribution in [0.5, 0.6) is 11.5 Å². The van der Waals surface area contributed by atoms with Crippen LogP contribution >= 0.6 is 24.0 Å². The molecule has 0 saturated carbocycles. The molecule has 32 heavy (non-hydrogen) atoms. The number of nitrogens with two attached hydrogens (primary N) is 1. The van der Waals surface area contributed by atoms with Crippen LogP contribution in [0.2, 0.25) is 0 Å². The van der Waals surface area contributed by atoms with Crippen molar-refractivity contribution in [3.8, 4) is 11.5 Å². The zero-order valence-electron chi connectivity index (χ0n) is 17.3. The van der Waals surface area contributed by atoms with Gasteiger partial charge in [-0.2, -0.15) is 0 Å². The van der Waals surface area contributed by atoms with Crippen molar-refractivity contribution in [2.45, 2.75) is 6.42 Å². The van der Waals surface area contributed by atoms with Gasteiger partial charge in [0.25, 0.3) is 0 Å². The maximum atomic E-state index is 12.7. The Hall–Kier alpha value is -2.79. The van der Waals surface area contributed by atoms with Gasteiger partial charge in [-0.25, -0.2) is 8.42 Å². The summed E-state index contributed by atoms with van der Waals surface area (Å²) in [6.45, 7) is 0.535. The zero-order valence-corrected chi connectivity index (χ0v) is 20.5. The average molecular weight is 564 g/mol. The molecule has 0 amide bonds. The number of anilines is 2. The Morgan fingerprint density at radius 3 is 2.53 bits per heavy atom. The third-order valence-corrected chi connectivity index (χ3v) is 6.65. The summed E-state index contributed by atoms with van der Waals surface area (Å²) in [5.74, 6) is 1.42. The van der Waals surface area contributed by atoms with E-state index in [1.807, 2.05) is 72.8 Å². The summed E-state index contributed by atoms with van der Waals surface area (Å²) in [7, 11) is -3.46. The third-order valence-electron chi connectivity index (χ3n) is 4.90. The van der Waals surface area contributed by atoms with Gasteiger partial charge < -0.3 is 15.8 Å². The van der Waals surface area contributed by atoms with Gasteiger partial charge in [0.05, 0.1) is 18.0 Å². The molecule has 7 nitrogen and oxygen atoms in total. The van der Waals surface area contributed by atoms with E-state index in [2.05, 4.69) is 10.3 Å². The fraction of sp³-hybridized carbons (Fsp3) is 0.174. The number of sulfonamides is 1. The number of fused-ring (bicyclic) bond motifs is 1. The molecule has 0 radical (unpaired) electrons. The first kappa shape index (κ1) is 23.9. The van der Waals surface area contributed by atoms with Crippen molar-refractivity contribution in [2.75, 3.05) is 28.5 Å². The average Bonchev–Trinajstić information content (AvgIpc) is 3.20. The maximum Gasteiger partial charge on any atom is 0.237 e. The summed E-state index contributed by atoms with van der Waals surface area (Å²) >= 11 is 0. The number of rotatable bonds is 7. The molecule has 1 aliphatic rings. The van der Waals surface area contributed by atoms with Gasteiger partial charge in [0.1, 0.15) is 11.5 Å². The van der Waals surface area contributed by atoms with Crippen LogP contribution in [-0.4, -0.2) is 33.2 Å². The van der Waals surface area contributed by atoms with E-state index in [4.69, 9.17) is 10.5 Å². The topological polar surface area (TPSA) is 97.0 Å². The molecule has 3 aromatic rings. The van der Waals surface area contributed by atoms with Crippen LogP contribution in [0.15, 0.2) is 83.9 Å². The minimum absolute atomic E-state index is 0. The summed E-state index contributed by atoms with van der Waals surface area (Å²) in [5.41, 5.74) is 8.46. The number of para-hydroxylation sites is 2. The van der Waals surface area contributed by atoms with Crippen LogP contribution in [0.25, 0.3) is 0 Å². The number of aliphatic imine (C=N–C) groups is 1. The fourth-order valence-corrected chi connectivity index (χ4v) is 4.83. The Kier molecular flexibility index (Phi) is 7.97. The summed E-state index contributed by atoms with van der Waals surface area (Å²) in [6, 6.07) is 24.3. The number of hydrogen-bond donors (Lipinski definition) is 2. The molecule has 0 aromatic heterocycles. The third kappa shape index (κ3) is 5.92. The lowest BCUT2D eigenvalue weighted by molar-refractivity contribution is 0.483. The predicted octanol–water partition coefficient (Wildman–Crippen LogP) is 4.22. The Morgan fingerprint density at radius 2 is 1.72 bits per heavy atom. The second kappa shape index (κ2) is 10.7. The van der Waals surface area contributed by atoms with E-state index < -0.39 is 10.0 Å². The molecule has 168 valence electrons. The zero-order chi connectivity index (χ0) is 21.7. The minimum atomic E-state index is -3.46. The van der Waals surface area contributed by atoms with Crippen molar-refractivity contribution in [1.29, 1.82) is 0 Å². The van der Waals surface area contributed by atoms with Crippen LogP contribution in [-0.2, 0) is 16.4 Å². The molecular weight excluding hydrogens is 539 g/mol. The minimum Gasteiger partial charge on any atom is -0.457 e. The lowest BCUT2D eigenvalue weighted by Crippen LogP contribution is -2.33. The summed E-state index contributed by atoms with van der Waals surface area (Å²) < 4.78 is 32.7. The van der Waals surface area contributed by atoms with E-state index in [0.717, 1.165) is 23.4 Å². The molecule has 1 heterocycles. The molecule has 0 bridgehead atoms. The molecule has 0 aliphatic carbocycles.